The predicted octanol–water partition coefficient (Wildman–Crippen LogP) is 3.68. The fraction of sp³-hybridized carbons (Fsp3) is 0.522. The zero-order chi connectivity index (χ0) is 22.6. The molecule has 2 heterocycles. The van der Waals surface area contributed by atoms with E-state index in [1.807, 2.05) is 0 Å². The third-order valence-electron chi connectivity index (χ3n) is 6.43. The van der Waals surface area contributed by atoms with E-state index < -0.39 is 16.1 Å². The zero-order valence-electron chi connectivity index (χ0n) is 18.1. The smallest absolute Gasteiger partial charge is 0.242 e. The summed E-state index contributed by atoms with van der Waals surface area (Å²) in [5.41, 5.74) is 1.98. The van der Waals surface area contributed by atoms with E-state index in [-0.39, 0.29) is 16.6 Å². The Balaban J connectivity index is 1.37. The summed E-state index contributed by atoms with van der Waals surface area (Å²) in [7, 11) is -3.74. The van der Waals surface area contributed by atoms with Crippen molar-refractivity contribution in [3.8, 4) is 0 Å². The van der Waals surface area contributed by atoms with Crippen LogP contribution in [0.5, 0.6) is 0 Å². The third kappa shape index (κ3) is 5.68. The van der Waals surface area contributed by atoms with E-state index in [1.165, 1.54) is 23.8 Å². The maximum absolute atomic E-state index is 13.4. The van der Waals surface area contributed by atoms with Gasteiger partial charge < -0.3 is 10.2 Å². The van der Waals surface area contributed by atoms with Crippen molar-refractivity contribution in [3.63, 3.8) is 0 Å². The summed E-state index contributed by atoms with van der Waals surface area (Å²) < 4.78 is 41.6. The molecule has 1 aromatic heterocycles. The fourth-order valence-electron chi connectivity index (χ4n) is 4.73. The van der Waals surface area contributed by atoms with Crippen LogP contribution in [0.15, 0.2) is 39.9 Å². The largest absolute Gasteiger partial charge is 0.369 e. The van der Waals surface area contributed by atoms with Crippen LogP contribution in [0.1, 0.15) is 44.1 Å². The molecule has 1 aliphatic carbocycles. The number of carbonyl (C=O) groups is 1. The Kier molecular flexibility index (Phi) is 7.48. The first-order valence-electron chi connectivity index (χ1n) is 11.3. The molecule has 1 amide bonds. The van der Waals surface area contributed by atoms with Gasteiger partial charge in [-0.2, -0.15) is 16.1 Å². The highest BCUT2D eigenvalue weighted by atomic mass is 32.2. The molecular formula is C23H30FN3O3S2. The van der Waals surface area contributed by atoms with Crippen molar-refractivity contribution in [2.75, 3.05) is 24.5 Å². The number of fused-ring (bicyclic) bond motifs is 1. The number of nitrogens with one attached hydrogen (secondary N) is 2. The van der Waals surface area contributed by atoms with E-state index in [9.17, 15) is 17.6 Å². The number of amides is 1. The molecule has 0 radical (unpaired) electrons. The number of thiophene rings is 1. The first-order chi connectivity index (χ1) is 15.4. The number of halogens is 1. The molecule has 174 valence electrons. The molecule has 4 rings (SSSR count). The van der Waals surface area contributed by atoms with E-state index in [1.54, 1.807) is 29.0 Å². The molecule has 32 heavy (non-hydrogen) atoms. The SMILES string of the molecule is O=C(NCCN1CCc2cc(F)ccc21)C(CC1CCCCC1)NS(=O)(=O)c1ccsc1. The molecule has 1 unspecified atom stereocenters. The molecule has 0 saturated heterocycles. The lowest BCUT2D eigenvalue weighted by Crippen LogP contribution is -2.49. The lowest BCUT2D eigenvalue weighted by atomic mass is 9.85. The average Bonchev–Trinajstić information content (AvgIpc) is 3.45. The zero-order valence-corrected chi connectivity index (χ0v) is 19.7. The van der Waals surface area contributed by atoms with Crippen LogP contribution in [-0.2, 0) is 21.2 Å². The maximum atomic E-state index is 13.4. The quantitative estimate of drug-likeness (QED) is 0.575. The van der Waals surface area contributed by atoms with Crippen LogP contribution in [-0.4, -0.2) is 40.0 Å². The van der Waals surface area contributed by atoms with Crippen LogP contribution in [0.2, 0.25) is 0 Å². The molecular weight excluding hydrogens is 449 g/mol. The van der Waals surface area contributed by atoms with Crippen LogP contribution in [0.4, 0.5) is 10.1 Å². The lowest BCUT2D eigenvalue weighted by molar-refractivity contribution is -0.123. The monoisotopic (exact) mass is 479 g/mol. The summed E-state index contributed by atoms with van der Waals surface area (Å²) in [6.45, 7) is 1.78. The molecule has 2 aliphatic rings. The number of anilines is 1. The van der Waals surface area contributed by atoms with E-state index in [2.05, 4.69) is 14.9 Å². The molecule has 1 aliphatic heterocycles. The number of rotatable bonds is 9. The molecule has 2 N–H and O–H groups in total. The molecule has 1 fully saturated rings. The molecule has 9 heteroatoms. The highest BCUT2D eigenvalue weighted by Gasteiger charge is 2.29. The lowest BCUT2D eigenvalue weighted by Gasteiger charge is -2.27. The number of hydrogen-bond acceptors (Lipinski definition) is 5. The Labute approximate surface area is 193 Å². The molecule has 0 spiro atoms. The summed E-state index contributed by atoms with van der Waals surface area (Å²) >= 11 is 1.31. The molecule has 6 nitrogen and oxygen atoms in total. The Morgan fingerprint density at radius 3 is 2.78 bits per heavy atom. The third-order valence-corrected chi connectivity index (χ3v) is 8.73. The van der Waals surface area contributed by atoms with Gasteiger partial charge in [0.1, 0.15) is 11.9 Å². The van der Waals surface area contributed by atoms with Crippen molar-refractivity contribution < 1.29 is 17.6 Å². The second-order valence-electron chi connectivity index (χ2n) is 8.67. The number of benzene rings is 1. The number of hydrogen-bond donors (Lipinski definition) is 2. The van der Waals surface area contributed by atoms with Crippen molar-refractivity contribution in [2.24, 2.45) is 5.92 Å². The van der Waals surface area contributed by atoms with Gasteiger partial charge in [-0.15, -0.1) is 0 Å². The van der Waals surface area contributed by atoms with E-state index in [0.29, 0.717) is 25.4 Å². The van der Waals surface area contributed by atoms with Crippen LogP contribution in [0, 0.1) is 11.7 Å². The Morgan fingerprint density at radius 1 is 1.22 bits per heavy atom. The van der Waals surface area contributed by atoms with Gasteiger partial charge in [-0.1, -0.05) is 32.1 Å². The predicted molar refractivity (Wildman–Crippen MR) is 125 cm³/mol. The minimum Gasteiger partial charge on any atom is -0.369 e. The Hall–Kier alpha value is -1.97. The van der Waals surface area contributed by atoms with Gasteiger partial charge in [0, 0.05) is 30.7 Å². The molecule has 1 saturated carbocycles. The second-order valence-corrected chi connectivity index (χ2v) is 11.2. The van der Waals surface area contributed by atoms with Gasteiger partial charge in [0.15, 0.2) is 0 Å². The Bertz CT molecular complexity index is 1020. The van der Waals surface area contributed by atoms with Gasteiger partial charge in [-0.25, -0.2) is 12.8 Å². The van der Waals surface area contributed by atoms with Crippen LogP contribution < -0.4 is 14.9 Å². The van der Waals surface area contributed by atoms with Crippen molar-refractivity contribution in [1.82, 2.24) is 10.0 Å². The molecule has 1 aromatic carbocycles. The minimum absolute atomic E-state index is 0.199. The van der Waals surface area contributed by atoms with Gasteiger partial charge in [0.05, 0.1) is 4.90 Å². The molecule has 0 bridgehead atoms. The summed E-state index contributed by atoms with van der Waals surface area (Å²) in [4.78, 5) is 15.3. The summed E-state index contributed by atoms with van der Waals surface area (Å²) in [5.74, 6) is -0.166. The minimum atomic E-state index is -3.74. The molecule has 2 aromatic rings. The van der Waals surface area contributed by atoms with Gasteiger partial charge in [0.2, 0.25) is 15.9 Å². The first kappa shape index (κ1) is 23.2. The Morgan fingerprint density at radius 2 is 2.03 bits per heavy atom. The van der Waals surface area contributed by atoms with Gasteiger partial charge in [0.25, 0.3) is 0 Å². The van der Waals surface area contributed by atoms with Crippen LogP contribution in [0.25, 0.3) is 0 Å². The van der Waals surface area contributed by atoms with E-state index in [0.717, 1.165) is 49.9 Å². The number of sulfonamides is 1. The van der Waals surface area contributed by atoms with Crippen molar-refractivity contribution >= 4 is 33.0 Å². The first-order valence-corrected chi connectivity index (χ1v) is 13.7. The summed E-state index contributed by atoms with van der Waals surface area (Å²) in [5, 5.41) is 6.22. The summed E-state index contributed by atoms with van der Waals surface area (Å²) in [6.07, 6.45) is 6.83. The second kappa shape index (κ2) is 10.3. The highest BCUT2D eigenvalue weighted by Crippen LogP contribution is 2.29. The fourth-order valence-corrected chi connectivity index (χ4v) is 6.97. The van der Waals surface area contributed by atoms with Crippen LogP contribution in [0.3, 0.4) is 0 Å². The van der Waals surface area contributed by atoms with E-state index >= 15 is 0 Å². The van der Waals surface area contributed by atoms with E-state index in [4.69, 9.17) is 0 Å². The number of carbonyl (C=O) groups excluding carboxylic acids is 1. The summed E-state index contributed by atoms with van der Waals surface area (Å²) in [6, 6.07) is 5.56. The van der Waals surface area contributed by atoms with Crippen LogP contribution >= 0.6 is 11.3 Å². The number of nitrogens with zero attached hydrogens (tertiary/aromatic N) is 1. The average molecular weight is 480 g/mol. The normalized spacial score (nSPS) is 17.8. The van der Waals surface area contributed by atoms with Crippen molar-refractivity contribution in [3.05, 3.63) is 46.4 Å². The van der Waals surface area contributed by atoms with Gasteiger partial charge in [-0.05, 0) is 54.0 Å². The van der Waals surface area contributed by atoms with Crippen molar-refractivity contribution in [1.29, 1.82) is 0 Å². The van der Waals surface area contributed by atoms with Gasteiger partial charge in [-0.3, -0.25) is 4.79 Å². The van der Waals surface area contributed by atoms with Gasteiger partial charge >= 0.3 is 0 Å². The van der Waals surface area contributed by atoms with Crippen molar-refractivity contribution in [2.45, 2.75) is 55.9 Å². The standard InChI is InChI=1S/C23H30FN3O3S2/c24-19-6-7-22-18(15-19)8-11-27(22)12-10-25-23(28)21(14-17-4-2-1-3-5-17)26-32(29,30)20-9-13-31-16-20/h6-7,9,13,15-17,21,26H,1-5,8,10-12,14H2,(H,25,28). The maximum Gasteiger partial charge on any atom is 0.242 e. The highest BCUT2D eigenvalue weighted by molar-refractivity contribution is 7.89. The molecule has 1 atom stereocenters. The topological polar surface area (TPSA) is 78.5 Å².